The van der Waals surface area contributed by atoms with Crippen molar-refractivity contribution in [1.29, 1.82) is 0 Å². The molecule has 1 aliphatic heterocycles. The van der Waals surface area contributed by atoms with E-state index in [4.69, 9.17) is 4.74 Å². The Morgan fingerprint density at radius 3 is 2.58 bits per heavy atom. The van der Waals surface area contributed by atoms with Crippen LogP contribution in [-0.2, 0) is 20.7 Å². The van der Waals surface area contributed by atoms with Crippen molar-refractivity contribution < 1.29 is 14.3 Å². The summed E-state index contributed by atoms with van der Waals surface area (Å²) in [6.07, 6.45) is 1.94. The first kappa shape index (κ1) is 18.4. The van der Waals surface area contributed by atoms with Crippen LogP contribution >= 0.6 is 0 Å². The van der Waals surface area contributed by atoms with Crippen molar-refractivity contribution in [2.75, 3.05) is 6.61 Å². The summed E-state index contributed by atoms with van der Waals surface area (Å²) in [5.41, 5.74) is 4.16. The molecule has 4 nitrogen and oxygen atoms in total. The van der Waals surface area contributed by atoms with Crippen molar-refractivity contribution in [3.63, 3.8) is 0 Å². The minimum Gasteiger partial charge on any atom is -0.463 e. The van der Waals surface area contributed by atoms with Gasteiger partial charge in [-0.3, -0.25) is 4.79 Å². The van der Waals surface area contributed by atoms with E-state index in [2.05, 4.69) is 19.2 Å². The summed E-state index contributed by atoms with van der Waals surface area (Å²) >= 11 is 0. The molecule has 1 atom stereocenters. The van der Waals surface area contributed by atoms with Crippen LogP contribution in [0.5, 0.6) is 0 Å². The molecule has 0 aromatic heterocycles. The van der Waals surface area contributed by atoms with Crippen LogP contribution in [0.15, 0.2) is 52.9 Å². The Balaban J connectivity index is 2.06. The van der Waals surface area contributed by atoms with Crippen LogP contribution in [0.25, 0.3) is 0 Å². The van der Waals surface area contributed by atoms with Crippen LogP contribution in [0, 0.1) is 11.3 Å². The summed E-state index contributed by atoms with van der Waals surface area (Å²) in [7, 11) is 0. The monoisotopic (exact) mass is 353 g/mol. The smallest absolute Gasteiger partial charge is 0.336 e. The van der Waals surface area contributed by atoms with Crippen LogP contribution in [-0.4, -0.2) is 18.4 Å². The van der Waals surface area contributed by atoms with E-state index in [0.29, 0.717) is 25.0 Å². The Morgan fingerprint density at radius 2 is 1.92 bits per heavy atom. The number of benzene rings is 1. The van der Waals surface area contributed by atoms with Gasteiger partial charge in [0, 0.05) is 29.3 Å². The molecule has 1 unspecified atom stereocenters. The number of allylic oxidation sites excluding steroid dienone is 3. The molecule has 1 aromatic rings. The van der Waals surface area contributed by atoms with Gasteiger partial charge in [-0.05, 0) is 37.7 Å². The molecule has 4 heteroatoms. The fraction of sp³-hybridized carbons (Fsp3) is 0.455. The van der Waals surface area contributed by atoms with Gasteiger partial charge < -0.3 is 10.1 Å². The zero-order chi connectivity index (χ0) is 18.9. The minimum atomic E-state index is -0.331. The maximum atomic E-state index is 13.0. The third-order valence-corrected chi connectivity index (χ3v) is 5.14. The van der Waals surface area contributed by atoms with Gasteiger partial charge in [-0.1, -0.05) is 44.2 Å². The third kappa shape index (κ3) is 3.59. The maximum Gasteiger partial charge on any atom is 0.336 e. The molecule has 1 heterocycles. The topological polar surface area (TPSA) is 55.4 Å². The van der Waals surface area contributed by atoms with E-state index in [1.807, 2.05) is 37.3 Å². The molecule has 1 N–H and O–H groups in total. The van der Waals surface area contributed by atoms with Crippen molar-refractivity contribution in [2.24, 2.45) is 11.3 Å². The lowest BCUT2D eigenvalue weighted by molar-refractivity contribution is -0.139. The van der Waals surface area contributed by atoms with Crippen molar-refractivity contribution >= 4 is 11.8 Å². The van der Waals surface area contributed by atoms with E-state index in [0.717, 1.165) is 29.0 Å². The summed E-state index contributed by atoms with van der Waals surface area (Å²) in [5.74, 6) is -0.446. The molecule has 26 heavy (non-hydrogen) atoms. The van der Waals surface area contributed by atoms with Gasteiger partial charge >= 0.3 is 5.97 Å². The van der Waals surface area contributed by atoms with Gasteiger partial charge in [-0.15, -0.1) is 0 Å². The number of carbonyl (C=O) groups excluding carboxylic acids is 2. The number of hydrogen-bond donors (Lipinski definition) is 1. The summed E-state index contributed by atoms with van der Waals surface area (Å²) in [6.45, 7) is 8.25. The SMILES string of the molecule is CCOC(=O)C1=C(C)NC2=C(C(=O)CC(C)(C)C2)C1Cc1ccccc1. The Hall–Kier alpha value is -2.36. The highest BCUT2D eigenvalue weighted by atomic mass is 16.5. The first-order valence-corrected chi connectivity index (χ1v) is 9.27. The number of esters is 1. The number of ketones is 1. The molecule has 0 fully saturated rings. The molecular weight excluding hydrogens is 326 g/mol. The van der Waals surface area contributed by atoms with E-state index < -0.39 is 0 Å². The van der Waals surface area contributed by atoms with Gasteiger partial charge in [-0.25, -0.2) is 4.79 Å². The van der Waals surface area contributed by atoms with Crippen LogP contribution in [0.1, 0.15) is 46.1 Å². The van der Waals surface area contributed by atoms with Gasteiger partial charge in [0.25, 0.3) is 0 Å². The Kier molecular flexibility index (Phi) is 5.03. The summed E-state index contributed by atoms with van der Waals surface area (Å²) < 4.78 is 5.30. The number of nitrogens with one attached hydrogen (secondary N) is 1. The van der Waals surface area contributed by atoms with E-state index in [1.54, 1.807) is 6.92 Å². The van der Waals surface area contributed by atoms with E-state index in [9.17, 15) is 9.59 Å². The van der Waals surface area contributed by atoms with Gasteiger partial charge in [0.2, 0.25) is 0 Å². The average Bonchev–Trinajstić information content (AvgIpc) is 2.54. The van der Waals surface area contributed by atoms with Gasteiger partial charge in [0.15, 0.2) is 5.78 Å². The van der Waals surface area contributed by atoms with Crippen molar-refractivity contribution in [3.05, 3.63) is 58.4 Å². The molecule has 0 saturated carbocycles. The Labute approximate surface area is 155 Å². The molecule has 3 rings (SSSR count). The Bertz CT molecular complexity index is 787. The molecule has 0 bridgehead atoms. The lowest BCUT2D eigenvalue weighted by atomic mass is 9.69. The van der Waals surface area contributed by atoms with Crippen LogP contribution in [0.2, 0.25) is 0 Å². The molecule has 0 spiro atoms. The summed E-state index contributed by atoms with van der Waals surface area (Å²) in [5, 5.41) is 3.35. The largest absolute Gasteiger partial charge is 0.463 e. The number of ether oxygens (including phenoxy) is 1. The molecule has 0 saturated heterocycles. The zero-order valence-electron chi connectivity index (χ0n) is 16.0. The molecule has 2 aliphatic rings. The molecular formula is C22H27NO3. The first-order chi connectivity index (χ1) is 12.3. The lowest BCUT2D eigenvalue weighted by Crippen LogP contribution is -2.40. The number of dihydropyridines is 1. The van der Waals surface area contributed by atoms with Crippen LogP contribution < -0.4 is 5.32 Å². The van der Waals surface area contributed by atoms with Gasteiger partial charge in [0.05, 0.1) is 12.2 Å². The highest BCUT2D eigenvalue weighted by Gasteiger charge is 2.42. The number of Topliss-reactive ketones (excluding diaryl/α,β-unsaturated/α-hetero) is 1. The average molecular weight is 353 g/mol. The predicted octanol–water partition coefficient (Wildman–Crippen LogP) is 3.93. The van der Waals surface area contributed by atoms with Crippen molar-refractivity contribution in [1.82, 2.24) is 5.32 Å². The van der Waals surface area contributed by atoms with E-state index in [1.165, 1.54) is 0 Å². The normalized spacial score (nSPS) is 22.0. The summed E-state index contributed by atoms with van der Waals surface area (Å²) in [4.78, 5) is 25.7. The number of carbonyl (C=O) groups is 2. The fourth-order valence-electron chi connectivity index (χ4n) is 4.11. The second kappa shape index (κ2) is 7.10. The standard InChI is InChI=1S/C22H27NO3/c1-5-26-21(25)19-14(2)23-17-12-22(3,4)13-18(24)20(17)16(19)11-15-9-7-6-8-10-15/h6-10,16,23H,5,11-13H2,1-4H3. The van der Waals surface area contributed by atoms with E-state index in [-0.39, 0.29) is 23.1 Å². The molecule has 1 aliphatic carbocycles. The quantitative estimate of drug-likeness (QED) is 0.834. The first-order valence-electron chi connectivity index (χ1n) is 9.27. The maximum absolute atomic E-state index is 13.0. The highest BCUT2D eigenvalue weighted by Crippen LogP contribution is 2.43. The van der Waals surface area contributed by atoms with Crippen molar-refractivity contribution in [3.8, 4) is 0 Å². The zero-order valence-corrected chi connectivity index (χ0v) is 16.0. The highest BCUT2D eigenvalue weighted by molar-refractivity contribution is 6.02. The number of rotatable bonds is 4. The third-order valence-electron chi connectivity index (χ3n) is 5.14. The number of hydrogen-bond acceptors (Lipinski definition) is 4. The fourth-order valence-corrected chi connectivity index (χ4v) is 4.11. The van der Waals surface area contributed by atoms with Crippen LogP contribution in [0.3, 0.4) is 0 Å². The molecule has 138 valence electrons. The molecule has 0 radical (unpaired) electrons. The lowest BCUT2D eigenvalue weighted by Gasteiger charge is -2.39. The molecule has 1 aromatic carbocycles. The minimum absolute atomic E-state index is 0.0675. The van der Waals surface area contributed by atoms with Gasteiger partial charge in [0.1, 0.15) is 0 Å². The second-order valence-corrected chi connectivity index (χ2v) is 7.96. The van der Waals surface area contributed by atoms with E-state index >= 15 is 0 Å². The summed E-state index contributed by atoms with van der Waals surface area (Å²) in [6, 6.07) is 10.0. The Morgan fingerprint density at radius 1 is 1.23 bits per heavy atom. The van der Waals surface area contributed by atoms with Gasteiger partial charge in [-0.2, -0.15) is 0 Å². The molecule has 0 amide bonds. The predicted molar refractivity (Wildman–Crippen MR) is 101 cm³/mol. The van der Waals surface area contributed by atoms with Crippen molar-refractivity contribution in [2.45, 2.75) is 47.0 Å². The second-order valence-electron chi connectivity index (χ2n) is 7.96. The van der Waals surface area contributed by atoms with Crippen LogP contribution in [0.4, 0.5) is 0 Å².